The van der Waals surface area contributed by atoms with Gasteiger partial charge in [-0.1, -0.05) is 20.8 Å². The number of hydrazine groups is 1. The van der Waals surface area contributed by atoms with Crippen LogP contribution in [0.2, 0.25) is 0 Å². The van der Waals surface area contributed by atoms with Gasteiger partial charge in [-0.2, -0.15) is 0 Å². The van der Waals surface area contributed by atoms with Crippen LogP contribution in [0.3, 0.4) is 0 Å². The number of hydrogen-bond donors (Lipinski definition) is 3. The van der Waals surface area contributed by atoms with E-state index in [1.165, 1.54) is 6.20 Å². The maximum atomic E-state index is 11.9. The molecule has 0 aliphatic heterocycles. The van der Waals surface area contributed by atoms with Gasteiger partial charge in [-0.25, -0.2) is 0 Å². The van der Waals surface area contributed by atoms with Crippen molar-refractivity contribution in [3.8, 4) is 0 Å². The number of anilines is 1. The number of amides is 1. The summed E-state index contributed by atoms with van der Waals surface area (Å²) in [4.78, 5) is 15.8. The van der Waals surface area contributed by atoms with Crippen LogP contribution in [-0.4, -0.2) is 17.4 Å². The molecule has 1 rings (SSSR count). The first-order valence-corrected chi connectivity index (χ1v) is 5.75. The number of nitrogens with one attached hydrogen (secondary N) is 2. The predicted octanol–water partition coefficient (Wildman–Crippen LogP) is 1.39. The molecule has 1 aromatic heterocycles. The molecule has 0 saturated carbocycles. The van der Waals surface area contributed by atoms with Gasteiger partial charge in [0.05, 0.1) is 11.3 Å². The van der Waals surface area contributed by atoms with Gasteiger partial charge in [0.1, 0.15) is 0 Å². The lowest BCUT2D eigenvalue weighted by Crippen LogP contribution is -2.31. The van der Waals surface area contributed by atoms with E-state index < -0.39 is 0 Å². The zero-order valence-corrected chi connectivity index (χ0v) is 10.5. The second kappa shape index (κ2) is 6.20. The van der Waals surface area contributed by atoms with Crippen LogP contribution in [0, 0.1) is 11.8 Å². The van der Waals surface area contributed by atoms with E-state index >= 15 is 0 Å². The fraction of sp³-hybridized carbons (Fsp3) is 0.500. The number of pyridine rings is 1. The molecule has 1 unspecified atom stereocenters. The molecule has 0 spiro atoms. The first-order chi connectivity index (χ1) is 8.06. The minimum absolute atomic E-state index is 0.154. The second-order valence-corrected chi connectivity index (χ2v) is 4.50. The Morgan fingerprint density at radius 2 is 2.18 bits per heavy atom. The summed E-state index contributed by atoms with van der Waals surface area (Å²) in [7, 11) is 0. The SMILES string of the molecule is CC(C)C(C)CNC(=O)c1cnccc1NN. The molecule has 17 heavy (non-hydrogen) atoms. The van der Waals surface area contributed by atoms with Gasteiger partial charge >= 0.3 is 0 Å². The summed E-state index contributed by atoms with van der Waals surface area (Å²) in [6.07, 6.45) is 3.09. The number of rotatable bonds is 5. The zero-order valence-electron chi connectivity index (χ0n) is 10.5. The van der Waals surface area contributed by atoms with Crippen LogP contribution >= 0.6 is 0 Å². The van der Waals surface area contributed by atoms with Gasteiger partial charge in [-0.3, -0.25) is 15.6 Å². The normalized spacial score (nSPS) is 12.3. The number of nitrogens with two attached hydrogens (primary N) is 1. The zero-order chi connectivity index (χ0) is 12.8. The van der Waals surface area contributed by atoms with Crippen molar-refractivity contribution in [2.75, 3.05) is 12.0 Å². The molecule has 1 aromatic rings. The van der Waals surface area contributed by atoms with E-state index in [1.807, 2.05) is 0 Å². The van der Waals surface area contributed by atoms with Gasteiger partial charge in [-0.05, 0) is 17.9 Å². The molecule has 5 heteroatoms. The Morgan fingerprint density at radius 1 is 1.47 bits per heavy atom. The van der Waals surface area contributed by atoms with Crippen LogP contribution in [0.4, 0.5) is 5.69 Å². The predicted molar refractivity (Wildman–Crippen MR) is 68.4 cm³/mol. The molecule has 5 nitrogen and oxygen atoms in total. The highest BCUT2D eigenvalue weighted by molar-refractivity contribution is 5.99. The highest BCUT2D eigenvalue weighted by Crippen LogP contribution is 2.12. The van der Waals surface area contributed by atoms with Crippen LogP contribution in [0.15, 0.2) is 18.5 Å². The van der Waals surface area contributed by atoms with E-state index in [2.05, 4.69) is 36.5 Å². The van der Waals surface area contributed by atoms with Crippen molar-refractivity contribution in [2.45, 2.75) is 20.8 Å². The van der Waals surface area contributed by atoms with E-state index in [4.69, 9.17) is 5.84 Å². The number of hydrogen-bond acceptors (Lipinski definition) is 4. The Kier molecular flexibility index (Phi) is 4.90. The third-order valence-corrected chi connectivity index (χ3v) is 2.94. The molecule has 1 amide bonds. The average molecular weight is 236 g/mol. The number of nitrogens with zero attached hydrogens (tertiary/aromatic N) is 1. The van der Waals surface area contributed by atoms with Crippen molar-refractivity contribution in [3.05, 3.63) is 24.0 Å². The van der Waals surface area contributed by atoms with Crippen molar-refractivity contribution < 1.29 is 4.79 Å². The number of nitrogen functional groups attached to an aromatic ring is 1. The van der Waals surface area contributed by atoms with Gasteiger partial charge in [0.25, 0.3) is 5.91 Å². The molecule has 0 aliphatic carbocycles. The summed E-state index contributed by atoms with van der Waals surface area (Å²) in [5.74, 6) is 6.15. The summed E-state index contributed by atoms with van der Waals surface area (Å²) in [5.41, 5.74) is 3.53. The van der Waals surface area contributed by atoms with Gasteiger partial charge < -0.3 is 10.7 Å². The molecule has 94 valence electrons. The lowest BCUT2D eigenvalue weighted by Gasteiger charge is -2.16. The first kappa shape index (κ1) is 13.4. The number of aromatic nitrogens is 1. The third-order valence-electron chi connectivity index (χ3n) is 2.94. The Hall–Kier alpha value is -1.62. The van der Waals surface area contributed by atoms with Crippen LogP contribution in [-0.2, 0) is 0 Å². The molecule has 0 aromatic carbocycles. The molecule has 0 fully saturated rings. The quantitative estimate of drug-likeness (QED) is 0.533. The van der Waals surface area contributed by atoms with Gasteiger partial charge in [0.15, 0.2) is 0 Å². The Bertz CT molecular complexity index is 379. The highest BCUT2D eigenvalue weighted by atomic mass is 16.1. The minimum Gasteiger partial charge on any atom is -0.352 e. The molecule has 0 saturated heterocycles. The Balaban J connectivity index is 2.64. The van der Waals surface area contributed by atoms with E-state index in [1.54, 1.807) is 12.3 Å². The summed E-state index contributed by atoms with van der Waals surface area (Å²) in [6, 6.07) is 1.67. The average Bonchev–Trinajstić information content (AvgIpc) is 2.35. The van der Waals surface area contributed by atoms with E-state index in [9.17, 15) is 4.79 Å². The van der Waals surface area contributed by atoms with E-state index in [0.717, 1.165) is 0 Å². The van der Waals surface area contributed by atoms with Crippen LogP contribution in [0.1, 0.15) is 31.1 Å². The smallest absolute Gasteiger partial charge is 0.255 e. The standard InChI is InChI=1S/C12H20N4O/c1-8(2)9(3)6-15-12(17)10-7-14-5-4-11(10)16-13/h4-5,7-9H,6,13H2,1-3H3,(H,14,16)(H,15,17). The number of carbonyl (C=O) groups excluding carboxylic acids is 1. The monoisotopic (exact) mass is 236 g/mol. The second-order valence-electron chi connectivity index (χ2n) is 4.50. The molecular weight excluding hydrogens is 216 g/mol. The Labute approximate surface area is 102 Å². The van der Waals surface area contributed by atoms with Gasteiger partial charge in [-0.15, -0.1) is 0 Å². The van der Waals surface area contributed by atoms with Crippen LogP contribution in [0.5, 0.6) is 0 Å². The molecular formula is C12H20N4O. The van der Waals surface area contributed by atoms with Gasteiger partial charge in [0.2, 0.25) is 0 Å². The van der Waals surface area contributed by atoms with Crippen molar-refractivity contribution in [3.63, 3.8) is 0 Å². The molecule has 0 bridgehead atoms. The maximum absolute atomic E-state index is 11.9. The Morgan fingerprint density at radius 3 is 2.76 bits per heavy atom. The molecule has 1 heterocycles. The van der Waals surface area contributed by atoms with Crippen molar-refractivity contribution in [2.24, 2.45) is 17.7 Å². The molecule has 4 N–H and O–H groups in total. The number of carbonyl (C=O) groups is 1. The summed E-state index contributed by atoms with van der Waals surface area (Å²) >= 11 is 0. The maximum Gasteiger partial charge on any atom is 0.255 e. The first-order valence-electron chi connectivity index (χ1n) is 5.75. The van der Waals surface area contributed by atoms with Crippen molar-refractivity contribution >= 4 is 11.6 Å². The highest BCUT2D eigenvalue weighted by Gasteiger charge is 2.13. The van der Waals surface area contributed by atoms with Crippen molar-refractivity contribution in [1.29, 1.82) is 0 Å². The van der Waals surface area contributed by atoms with Crippen molar-refractivity contribution in [1.82, 2.24) is 10.3 Å². The summed E-state index contributed by atoms with van der Waals surface area (Å²) in [5, 5.41) is 2.88. The lowest BCUT2D eigenvalue weighted by atomic mass is 9.98. The third kappa shape index (κ3) is 3.71. The molecule has 0 aliphatic rings. The molecule has 0 radical (unpaired) electrons. The van der Waals surface area contributed by atoms with E-state index in [0.29, 0.717) is 29.6 Å². The van der Waals surface area contributed by atoms with Gasteiger partial charge in [0, 0.05) is 18.9 Å². The largest absolute Gasteiger partial charge is 0.352 e. The van der Waals surface area contributed by atoms with Crippen LogP contribution in [0.25, 0.3) is 0 Å². The topological polar surface area (TPSA) is 80.0 Å². The fourth-order valence-electron chi connectivity index (χ4n) is 1.29. The van der Waals surface area contributed by atoms with Crippen LogP contribution < -0.4 is 16.6 Å². The van der Waals surface area contributed by atoms with E-state index in [-0.39, 0.29) is 5.91 Å². The summed E-state index contributed by atoms with van der Waals surface area (Å²) in [6.45, 7) is 7.02. The fourth-order valence-corrected chi connectivity index (χ4v) is 1.29. The molecule has 1 atom stereocenters. The lowest BCUT2D eigenvalue weighted by molar-refractivity contribution is 0.0945. The summed E-state index contributed by atoms with van der Waals surface area (Å²) < 4.78 is 0. The minimum atomic E-state index is -0.154.